The first-order chi connectivity index (χ1) is 10.2. The van der Waals surface area contributed by atoms with Crippen molar-refractivity contribution in [2.24, 2.45) is 5.92 Å². The van der Waals surface area contributed by atoms with E-state index in [1.807, 2.05) is 17.0 Å². The third-order valence-electron chi connectivity index (χ3n) is 4.62. The van der Waals surface area contributed by atoms with Gasteiger partial charge in [-0.3, -0.25) is 9.69 Å². The summed E-state index contributed by atoms with van der Waals surface area (Å²) in [5, 5.41) is 0. The number of benzene rings is 1. The minimum Gasteiger partial charge on any atom is -0.342 e. The van der Waals surface area contributed by atoms with Gasteiger partial charge in [0.15, 0.2) is 0 Å². The first kappa shape index (κ1) is 14.5. The fraction of sp³-hybridized carbons (Fsp3) is 0.588. The average Bonchev–Trinajstić information content (AvgIpc) is 3.03. The smallest absolute Gasteiger partial charge is 0.226 e. The van der Waals surface area contributed by atoms with E-state index >= 15 is 0 Å². The lowest BCUT2D eigenvalue weighted by atomic mass is 9.96. The topological polar surface area (TPSA) is 23.6 Å². The van der Waals surface area contributed by atoms with Gasteiger partial charge >= 0.3 is 0 Å². The Labute approximate surface area is 125 Å². The van der Waals surface area contributed by atoms with Crippen molar-refractivity contribution in [3.05, 3.63) is 35.6 Å². The lowest BCUT2D eigenvalue weighted by Crippen LogP contribution is -2.43. The van der Waals surface area contributed by atoms with Crippen LogP contribution < -0.4 is 0 Å². The lowest BCUT2D eigenvalue weighted by Gasteiger charge is -2.34. The Balaban J connectivity index is 1.60. The van der Waals surface area contributed by atoms with Gasteiger partial charge in [-0.25, -0.2) is 4.39 Å². The molecule has 3 rings (SSSR count). The number of halogens is 1. The van der Waals surface area contributed by atoms with Crippen LogP contribution in [0, 0.1) is 11.7 Å². The molecule has 0 saturated carbocycles. The van der Waals surface area contributed by atoms with Crippen LogP contribution >= 0.6 is 0 Å². The molecule has 0 N–H and O–H groups in total. The maximum atomic E-state index is 13.7. The number of amides is 1. The van der Waals surface area contributed by atoms with Crippen LogP contribution in [-0.2, 0) is 11.3 Å². The first-order valence-electron chi connectivity index (χ1n) is 7.98. The van der Waals surface area contributed by atoms with Crippen LogP contribution in [0.25, 0.3) is 0 Å². The second-order valence-corrected chi connectivity index (χ2v) is 6.20. The Kier molecular flexibility index (Phi) is 4.54. The van der Waals surface area contributed by atoms with E-state index in [0.29, 0.717) is 12.5 Å². The monoisotopic (exact) mass is 290 g/mol. The minimum absolute atomic E-state index is 0.101. The number of carbonyl (C=O) groups is 1. The van der Waals surface area contributed by atoms with E-state index in [0.717, 1.165) is 57.4 Å². The molecule has 0 aliphatic carbocycles. The highest BCUT2D eigenvalue weighted by atomic mass is 19.1. The highest BCUT2D eigenvalue weighted by Gasteiger charge is 2.30. The number of carbonyl (C=O) groups excluding carboxylic acids is 1. The molecule has 2 aliphatic heterocycles. The molecule has 0 radical (unpaired) electrons. The van der Waals surface area contributed by atoms with Crippen molar-refractivity contribution in [3.63, 3.8) is 0 Å². The van der Waals surface area contributed by atoms with Gasteiger partial charge in [0.05, 0.1) is 5.92 Å². The van der Waals surface area contributed by atoms with Crippen LogP contribution in [0.5, 0.6) is 0 Å². The number of nitrogens with zero attached hydrogens (tertiary/aromatic N) is 2. The predicted octanol–water partition coefficient (Wildman–Crippen LogP) is 2.66. The number of rotatable bonds is 3. The number of piperidine rings is 1. The zero-order chi connectivity index (χ0) is 14.7. The molecule has 1 amide bonds. The standard InChI is InChI=1S/C17H23FN2O/c18-16-8-2-1-6-14(16)12-19-9-5-7-15(13-19)17(21)20-10-3-4-11-20/h1-2,6,8,15H,3-5,7,9-13H2/t15-/m0/s1. The molecule has 3 nitrogen and oxygen atoms in total. The van der Waals surface area contributed by atoms with Crippen molar-refractivity contribution in [1.82, 2.24) is 9.80 Å². The molecule has 2 heterocycles. The average molecular weight is 290 g/mol. The summed E-state index contributed by atoms with van der Waals surface area (Å²) in [6.45, 7) is 4.17. The van der Waals surface area contributed by atoms with E-state index in [1.54, 1.807) is 6.07 Å². The van der Waals surface area contributed by atoms with Crippen LogP contribution in [0.4, 0.5) is 4.39 Å². The summed E-state index contributed by atoms with van der Waals surface area (Å²) in [5.74, 6) is 0.264. The van der Waals surface area contributed by atoms with Gasteiger partial charge in [0, 0.05) is 31.7 Å². The maximum absolute atomic E-state index is 13.7. The largest absolute Gasteiger partial charge is 0.342 e. The Morgan fingerprint density at radius 2 is 1.90 bits per heavy atom. The van der Waals surface area contributed by atoms with Gasteiger partial charge < -0.3 is 4.90 Å². The van der Waals surface area contributed by atoms with Gasteiger partial charge in [0.25, 0.3) is 0 Å². The summed E-state index contributed by atoms with van der Waals surface area (Å²) >= 11 is 0. The maximum Gasteiger partial charge on any atom is 0.226 e. The molecule has 2 fully saturated rings. The van der Waals surface area contributed by atoms with Gasteiger partial charge in [-0.15, -0.1) is 0 Å². The van der Waals surface area contributed by atoms with E-state index in [1.165, 1.54) is 6.07 Å². The molecule has 0 bridgehead atoms. The highest BCUT2D eigenvalue weighted by molar-refractivity contribution is 5.79. The van der Waals surface area contributed by atoms with Crippen LogP contribution in [0.2, 0.25) is 0 Å². The second kappa shape index (κ2) is 6.56. The SMILES string of the molecule is O=C([C@H]1CCCN(Cc2ccccc2F)C1)N1CCCC1. The Morgan fingerprint density at radius 1 is 1.14 bits per heavy atom. The third-order valence-corrected chi connectivity index (χ3v) is 4.62. The van der Waals surface area contributed by atoms with Crippen molar-refractivity contribution in [2.75, 3.05) is 26.2 Å². The summed E-state index contributed by atoms with van der Waals surface area (Å²) in [4.78, 5) is 16.7. The lowest BCUT2D eigenvalue weighted by molar-refractivity contribution is -0.136. The quantitative estimate of drug-likeness (QED) is 0.854. The molecular formula is C17H23FN2O. The van der Waals surface area contributed by atoms with Crippen LogP contribution in [0.15, 0.2) is 24.3 Å². The van der Waals surface area contributed by atoms with E-state index < -0.39 is 0 Å². The van der Waals surface area contributed by atoms with Crippen molar-refractivity contribution in [2.45, 2.75) is 32.2 Å². The molecule has 2 saturated heterocycles. The van der Waals surface area contributed by atoms with E-state index in [4.69, 9.17) is 0 Å². The van der Waals surface area contributed by atoms with Gasteiger partial charge in [-0.05, 0) is 38.3 Å². The minimum atomic E-state index is -0.148. The molecule has 114 valence electrons. The van der Waals surface area contributed by atoms with Crippen LogP contribution in [-0.4, -0.2) is 41.9 Å². The van der Waals surface area contributed by atoms with E-state index in [9.17, 15) is 9.18 Å². The zero-order valence-corrected chi connectivity index (χ0v) is 12.4. The molecule has 2 aliphatic rings. The van der Waals surface area contributed by atoms with E-state index in [-0.39, 0.29) is 11.7 Å². The van der Waals surface area contributed by atoms with E-state index in [2.05, 4.69) is 4.90 Å². The third kappa shape index (κ3) is 3.43. The Morgan fingerprint density at radius 3 is 2.67 bits per heavy atom. The molecule has 4 heteroatoms. The molecule has 1 aromatic carbocycles. The highest BCUT2D eigenvalue weighted by Crippen LogP contribution is 2.23. The van der Waals surface area contributed by atoms with Crippen LogP contribution in [0.3, 0.4) is 0 Å². The van der Waals surface area contributed by atoms with Gasteiger partial charge in [-0.1, -0.05) is 18.2 Å². The molecule has 0 aromatic heterocycles. The molecule has 1 aromatic rings. The summed E-state index contributed by atoms with van der Waals surface area (Å²) in [6.07, 6.45) is 4.27. The number of likely N-dealkylation sites (tertiary alicyclic amines) is 2. The van der Waals surface area contributed by atoms with Crippen molar-refractivity contribution < 1.29 is 9.18 Å². The molecule has 0 spiro atoms. The van der Waals surface area contributed by atoms with Crippen molar-refractivity contribution in [3.8, 4) is 0 Å². The van der Waals surface area contributed by atoms with Gasteiger partial charge in [-0.2, -0.15) is 0 Å². The summed E-state index contributed by atoms with van der Waals surface area (Å²) in [5.41, 5.74) is 0.728. The fourth-order valence-corrected chi connectivity index (χ4v) is 3.46. The molecule has 1 atom stereocenters. The van der Waals surface area contributed by atoms with Gasteiger partial charge in [0.1, 0.15) is 5.82 Å². The number of hydrogen-bond acceptors (Lipinski definition) is 2. The molecule has 21 heavy (non-hydrogen) atoms. The summed E-state index contributed by atoms with van der Waals surface area (Å²) in [6, 6.07) is 6.93. The Bertz CT molecular complexity index is 499. The van der Waals surface area contributed by atoms with Crippen molar-refractivity contribution in [1.29, 1.82) is 0 Å². The molecule has 0 unspecified atom stereocenters. The Hall–Kier alpha value is -1.42. The van der Waals surface area contributed by atoms with Crippen molar-refractivity contribution >= 4 is 5.91 Å². The van der Waals surface area contributed by atoms with Crippen LogP contribution in [0.1, 0.15) is 31.2 Å². The second-order valence-electron chi connectivity index (χ2n) is 6.20. The van der Waals surface area contributed by atoms with Gasteiger partial charge in [0.2, 0.25) is 5.91 Å². The zero-order valence-electron chi connectivity index (χ0n) is 12.4. The molecular weight excluding hydrogens is 267 g/mol. The summed E-state index contributed by atoms with van der Waals surface area (Å²) < 4.78 is 13.7. The predicted molar refractivity (Wildman–Crippen MR) is 80.2 cm³/mol. The summed E-state index contributed by atoms with van der Waals surface area (Å²) in [7, 11) is 0. The number of hydrogen-bond donors (Lipinski definition) is 0. The first-order valence-corrected chi connectivity index (χ1v) is 7.98. The fourth-order valence-electron chi connectivity index (χ4n) is 3.46. The normalized spacial score (nSPS) is 23.5.